The molecule has 1 atom stereocenters. The molecule has 8 nitrogen and oxygen atoms in total. The number of para-hydroxylation sites is 2. The first-order valence-corrected chi connectivity index (χ1v) is 18.8. The fourth-order valence-electron chi connectivity index (χ4n) is 6.30. The molecule has 4 rings (SSSR count). The highest BCUT2D eigenvalue weighted by molar-refractivity contribution is 7.16. The van der Waals surface area contributed by atoms with Gasteiger partial charge < -0.3 is 24.4 Å². The zero-order valence-corrected chi connectivity index (χ0v) is 29.5. The first kappa shape index (κ1) is 36.4. The van der Waals surface area contributed by atoms with E-state index in [9.17, 15) is 9.90 Å². The second-order valence-electron chi connectivity index (χ2n) is 13.0. The standard InChI is InChI=1S/C37H58N4O4S/c1-4-5-6-7-8-9-10-11-12-13-14-15-16-17-18-23-34(42)44-29-45-37(43)41-33-22-20-19-21-32(33)38-35(31-28-30(2)46-36(31)41)40-26-24-39(3)25-27-40/h19-22,28,34,42H,4-18,23-27,29H2,1-3H3. The van der Waals surface area contributed by atoms with Crippen molar-refractivity contribution in [1.29, 1.82) is 0 Å². The molecule has 0 radical (unpaired) electrons. The average molecular weight is 655 g/mol. The van der Waals surface area contributed by atoms with Crippen molar-refractivity contribution in [2.24, 2.45) is 4.99 Å². The molecule has 1 amide bonds. The van der Waals surface area contributed by atoms with Gasteiger partial charge in [0, 0.05) is 31.1 Å². The normalized spacial score (nSPS) is 15.7. The molecule has 256 valence electrons. The van der Waals surface area contributed by atoms with E-state index < -0.39 is 12.4 Å². The van der Waals surface area contributed by atoms with Crippen molar-refractivity contribution in [2.75, 3.05) is 44.9 Å². The number of nitrogens with zero attached hydrogens (tertiary/aromatic N) is 4. The molecule has 0 spiro atoms. The Labute approximate surface area is 281 Å². The fraction of sp³-hybridized carbons (Fsp3) is 0.676. The number of amidine groups is 1. The number of ether oxygens (including phenoxy) is 2. The molecule has 0 bridgehead atoms. The smallest absolute Gasteiger partial charge is 0.421 e. The Morgan fingerprint density at radius 1 is 0.891 bits per heavy atom. The Bertz CT molecular complexity index is 1210. The van der Waals surface area contributed by atoms with Crippen molar-refractivity contribution in [3.8, 4) is 0 Å². The second kappa shape index (κ2) is 20.0. The lowest BCUT2D eigenvalue weighted by Gasteiger charge is -2.34. The lowest BCUT2D eigenvalue weighted by atomic mass is 10.0. The molecule has 1 fully saturated rings. The summed E-state index contributed by atoms with van der Waals surface area (Å²) in [5, 5.41) is 11.2. The Morgan fingerprint density at radius 2 is 1.48 bits per heavy atom. The van der Waals surface area contributed by atoms with Gasteiger partial charge in [-0.05, 0) is 45.0 Å². The van der Waals surface area contributed by atoms with Crippen LogP contribution in [0.2, 0.25) is 0 Å². The summed E-state index contributed by atoms with van der Waals surface area (Å²) in [6.07, 6.45) is 18.6. The van der Waals surface area contributed by atoms with E-state index in [4.69, 9.17) is 14.5 Å². The summed E-state index contributed by atoms with van der Waals surface area (Å²) < 4.78 is 11.1. The maximum atomic E-state index is 13.6. The van der Waals surface area contributed by atoms with E-state index in [1.165, 1.54) is 83.5 Å². The molecular formula is C37H58N4O4S. The first-order chi connectivity index (χ1) is 22.5. The van der Waals surface area contributed by atoms with Crippen LogP contribution in [0.5, 0.6) is 0 Å². The van der Waals surface area contributed by atoms with E-state index in [0.29, 0.717) is 12.1 Å². The Kier molecular flexibility index (Phi) is 15.8. The molecule has 1 aromatic carbocycles. The minimum Gasteiger partial charge on any atom is -0.422 e. The van der Waals surface area contributed by atoms with Gasteiger partial charge in [-0.15, -0.1) is 11.3 Å². The highest BCUT2D eigenvalue weighted by Gasteiger charge is 2.33. The van der Waals surface area contributed by atoms with Crippen molar-refractivity contribution in [2.45, 2.75) is 123 Å². The molecular weight excluding hydrogens is 596 g/mol. The molecule has 1 saturated heterocycles. The maximum absolute atomic E-state index is 13.6. The number of likely N-dealkylation sites (N-methyl/N-ethyl adjacent to an activating group) is 1. The maximum Gasteiger partial charge on any atom is 0.421 e. The number of fused-ring (bicyclic) bond motifs is 2. The van der Waals surface area contributed by atoms with Crippen LogP contribution in [0.1, 0.15) is 120 Å². The number of carbonyl (C=O) groups excluding carboxylic acids is 1. The third-order valence-electron chi connectivity index (χ3n) is 9.11. The molecule has 1 unspecified atom stereocenters. The number of carbonyl (C=O) groups is 1. The van der Waals surface area contributed by atoms with Crippen molar-refractivity contribution in [1.82, 2.24) is 9.80 Å². The number of piperazine rings is 1. The van der Waals surface area contributed by atoms with Crippen molar-refractivity contribution >= 4 is 39.6 Å². The number of aryl methyl sites for hydroxylation is 1. The number of rotatable bonds is 19. The predicted octanol–water partition coefficient (Wildman–Crippen LogP) is 9.52. The number of aliphatic imine (C=N–C) groups is 1. The molecule has 2 aromatic rings. The number of aliphatic hydroxyl groups excluding tert-OH is 1. The van der Waals surface area contributed by atoms with Gasteiger partial charge in [-0.2, -0.15) is 0 Å². The Balaban J connectivity index is 1.15. The first-order valence-electron chi connectivity index (χ1n) is 18.0. The number of benzene rings is 1. The quantitative estimate of drug-likeness (QED) is 0.120. The summed E-state index contributed by atoms with van der Waals surface area (Å²) >= 11 is 1.56. The van der Waals surface area contributed by atoms with Crippen LogP contribution in [0.4, 0.5) is 21.2 Å². The molecule has 2 aliphatic rings. The van der Waals surface area contributed by atoms with Crippen LogP contribution in [0.15, 0.2) is 35.3 Å². The van der Waals surface area contributed by atoms with Gasteiger partial charge in [0.15, 0.2) is 13.1 Å². The Morgan fingerprint density at radius 3 is 2.11 bits per heavy atom. The lowest BCUT2D eigenvalue weighted by molar-refractivity contribution is -0.153. The average Bonchev–Trinajstić information content (AvgIpc) is 3.37. The number of aliphatic hydroxyl groups is 1. The molecule has 1 N–H and O–H groups in total. The lowest BCUT2D eigenvalue weighted by Crippen LogP contribution is -2.47. The molecule has 3 heterocycles. The molecule has 46 heavy (non-hydrogen) atoms. The summed E-state index contributed by atoms with van der Waals surface area (Å²) in [6.45, 7) is 7.70. The van der Waals surface area contributed by atoms with Gasteiger partial charge in [0.1, 0.15) is 10.8 Å². The van der Waals surface area contributed by atoms with Crippen LogP contribution in [0.25, 0.3) is 0 Å². The summed E-state index contributed by atoms with van der Waals surface area (Å²) in [4.78, 5) is 26.0. The summed E-state index contributed by atoms with van der Waals surface area (Å²) in [7, 11) is 2.14. The summed E-state index contributed by atoms with van der Waals surface area (Å²) in [5.74, 6) is 0.894. The summed E-state index contributed by atoms with van der Waals surface area (Å²) in [6, 6.07) is 9.80. The molecule has 9 heteroatoms. The SMILES string of the molecule is CCCCCCCCCCCCCCCCCC(O)OCOC(=O)N1c2ccccc2N=C(N2CCN(C)CC2)c2cc(C)sc21. The predicted molar refractivity (Wildman–Crippen MR) is 191 cm³/mol. The number of hydrogen-bond acceptors (Lipinski definition) is 8. The van der Waals surface area contributed by atoms with Crippen molar-refractivity contribution in [3.05, 3.63) is 40.8 Å². The van der Waals surface area contributed by atoms with Crippen LogP contribution in [0, 0.1) is 6.92 Å². The van der Waals surface area contributed by atoms with Crippen LogP contribution < -0.4 is 4.90 Å². The van der Waals surface area contributed by atoms with Gasteiger partial charge in [-0.25, -0.2) is 14.7 Å². The molecule has 0 saturated carbocycles. The third kappa shape index (κ3) is 11.4. The molecule has 1 aromatic heterocycles. The van der Waals surface area contributed by atoms with Crippen LogP contribution in [0.3, 0.4) is 0 Å². The highest BCUT2D eigenvalue weighted by atomic mass is 32.1. The van der Waals surface area contributed by atoms with Crippen LogP contribution in [-0.4, -0.2) is 73.1 Å². The second-order valence-corrected chi connectivity index (χ2v) is 14.2. The van der Waals surface area contributed by atoms with Crippen LogP contribution in [-0.2, 0) is 9.47 Å². The van der Waals surface area contributed by atoms with Crippen molar-refractivity contribution < 1.29 is 19.4 Å². The molecule has 0 aliphatic carbocycles. The topological polar surface area (TPSA) is 77.8 Å². The molecule has 2 aliphatic heterocycles. The minimum absolute atomic E-state index is 0.302. The van der Waals surface area contributed by atoms with Gasteiger partial charge in [0.05, 0.1) is 16.9 Å². The Hall–Kier alpha value is -2.46. The number of thiophene rings is 1. The van der Waals surface area contributed by atoms with Gasteiger partial charge in [-0.1, -0.05) is 109 Å². The zero-order valence-electron chi connectivity index (χ0n) is 28.7. The number of amides is 1. The zero-order chi connectivity index (χ0) is 32.6. The number of unbranched alkanes of at least 4 members (excludes halogenated alkanes) is 14. The van der Waals surface area contributed by atoms with E-state index >= 15 is 0 Å². The van der Waals surface area contributed by atoms with E-state index in [2.05, 4.69) is 29.8 Å². The van der Waals surface area contributed by atoms with Gasteiger partial charge in [0.2, 0.25) is 0 Å². The number of hydrogen-bond donors (Lipinski definition) is 1. The van der Waals surface area contributed by atoms with Gasteiger partial charge in [0.25, 0.3) is 0 Å². The van der Waals surface area contributed by atoms with Gasteiger partial charge >= 0.3 is 6.09 Å². The van der Waals surface area contributed by atoms with Crippen molar-refractivity contribution in [3.63, 3.8) is 0 Å². The van der Waals surface area contributed by atoms with E-state index in [-0.39, 0.29) is 6.79 Å². The van der Waals surface area contributed by atoms with E-state index in [1.807, 2.05) is 31.2 Å². The van der Waals surface area contributed by atoms with E-state index in [0.717, 1.165) is 66.0 Å². The van der Waals surface area contributed by atoms with Gasteiger partial charge in [-0.3, -0.25) is 0 Å². The monoisotopic (exact) mass is 654 g/mol. The van der Waals surface area contributed by atoms with Crippen LogP contribution >= 0.6 is 11.3 Å². The fourth-order valence-corrected chi connectivity index (χ4v) is 7.31. The number of anilines is 2. The summed E-state index contributed by atoms with van der Waals surface area (Å²) in [5.41, 5.74) is 2.34. The minimum atomic E-state index is -0.946. The third-order valence-corrected chi connectivity index (χ3v) is 10.1. The largest absolute Gasteiger partial charge is 0.422 e. The highest BCUT2D eigenvalue weighted by Crippen LogP contribution is 2.44. The van der Waals surface area contributed by atoms with E-state index in [1.54, 1.807) is 16.2 Å².